The van der Waals surface area contributed by atoms with Gasteiger partial charge in [0, 0.05) is 17.0 Å². The van der Waals surface area contributed by atoms with Gasteiger partial charge in [-0.3, -0.25) is 4.79 Å². The number of para-hydroxylation sites is 2. The number of fused-ring (bicyclic) bond motifs is 5. The van der Waals surface area contributed by atoms with Crippen LogP contribution in [-0.4, -0.2) is 23.0 Å². The SMILES string of the molecule is COc1ccccc1Nc1ncc2c(n1)-c1oc3c(c1NC(=O)C2)=CCCC=3. The average Bonchev–Trinajstić information content (AvgIpc) is 3.01. The van der Waals surface area contributed by atoms with Crippen LogP contribution in [0.4, 0.5) is 17.3 Å². The summed E-state index contributed by atoms with van der Waals surface area (Å²) >= 11 is 0. The van der Waals surface area contributed by atoms with E-state index in [0.29, 0.717) is 28.8 Å². The first kappa shape index (κ1) is 16.6. The predicted molar refractivity (Wildman–Crippen MR) is 106 cm³/mol. The molecule has 0 spiro atoms. The summed E-state index contributed by atoms with van der Waals surface area (Å²) in [6, 6.07) is 7.55. The molecule has 5 rings (SSSR count). The van der Waals surface area contributed by atoms with Crippen LogP contribution in [-0.2, 0) is 11.2 Å². The number of anilines is 3. The Labute approximate surface area is 160 Å². The molecule has 1 aromatic carbocycles. The number of carbonyl (C=O) groups is 1. The first-order valence-corrected chi connectivity index (χ1v) is 9.12. The number of nitrogens with zero attached hydrogens (tertiary/aromatic N) is 2. The summed E-state index contributed by atoms with van der Waals surface area (Å²) in [4.78, 5) is 21.4. The van der Waals surface area contributed by atoms with Crippen molar-refractivity contribution < 1.29 is 13.9 Å². The van der Waals surface area contributed by atoms with Gasteiger partial charge in [0.15, 0.2) is 5.76 Å². The van der Waals surface area contributed by atoms with Gasteiger partial charge in [0.2, 0.25) is 11.9 Å². The van der Waals surface area contributed by atoms with E-state index >= 15 is 0 Å². The van der Waals surface area contributed by atoms with E-state index in [1.54, 1.807) is 13.3 Å². The van der Waals surface area contributed by atoms with Crippen LogP contribution in [0.1, 0.15) is 18.4 Å². The number of carbonyl (C=O) groups excluding carboxylic acids is 1. The molecule has 3 aromatic rings. The smallest absolute Gasteiger partial charge is 0.229 e. The number of nitrogens with one attached hydrogen (secondary N) is 2. The van der Waals surface area contributed by atoms with Gasteiger partial charge >= 0.3 is 0 Å². The van der Waals surface area contributed by atoms with Crippen molar-refractivity contribution in [2.45, 2.75) is 19.3 Å². The summed E-state index contributed by atoms with van der Waals surface area (Å²) in [7, 11) is 1.61. The molecular formula is C21H18N4O3. The first-order valence-electron chi connectivity index (χ1n) is 9.12. The Kier molecular flexibility index (Phi) is 3.86. The van der Waals surface area contributed by atoms with Gasteiger partial charge in [0.05, 0.1) is 24.9 Å². The van der Waals surface area contributed by atoms with E-state index in [-0.39, 0.29) is 12.3 Å². The monoisotopic (exact) mass is 374 g/mol. The van der Waals surface area contributed by atoms with Crippen LogP contribution in [0.25, 0.3) is 23.6 Å². The number of benzene rings is 1. The lowest BCUT2D eigenvalue weighted by molar-refractivity contribution is -0.115. The van der Waals surface area contributed by atoms with E-state index in [9.17, 15) is 4.79 Å². The molecule has 1 aliphatic heterocycles. The minimum absolute atomic E-state index is 0.100. The van der Waals surface area contributed by atoms with Crippen LogP contribution in [0, 0.1) is 0 Å². The van der Waals surface area contributed by atoms with Gasteiger partial charge in [-0.2, -0.15) is 0 Å². The zero-order valence-electron chi connectivity index (χ0n) is 15.3. The van der Waals surface area contributed by atoms with Crippen molar-refractivity contribution in [3.8, 4) is 17.2 Å². The summed E-state index contributed by atoms with van der Waals surface area (Å²) in [5.41, 5.74) is 3.58. The number of ether oxygens (including phenoxy) is 1. The highest BCUT2D eigenvalue weighted by molar-refractivity contribution is 5.99. The van der Waals surface area contributed by atoms with Crippen molar-refractivity contribution in [3.05, 3.63) is 46.7 Å². The predicted octanol–water partition coefficient (Wildman–Crippen LogP) is 2.34. The molecule has 1 aliphatic carbocycles. The maximum atomic E-state index is 12.4. The van der Waals surface area contributed by atoms with Crippen LogP contribution in [0.15, 0.2) is 34.9 Å². The third-order valence-electron chi connectivity index (χ3n) is 4.87. The Morgan fingerprint density at radius 2 is 2.07 bits per heavy atom. The summed E-state index contributed by atoms with van der Waals surface area (Å²) in [5, 5.41) is 7.09. The molecule has 0 unspecified atom stereocenters. The minimum Gasteiger partial charge on any atom is -0.495 e. The minimum atomic E-state index is -0.100. The number of methoxy groups -OCH3 is 1. The fourth-order valence-corrected chi connectivity index (χ4v) is 3.57. The number of amides is 1. The van der Waals surface area contributed by atoms with Crippen LogP contribution in [0.2, 0.25) is 0 Å². The summed E-state index contributed by atoms with van der Waals surface area (Å²) in [6.45, 7) is 0. The average molecular weight is 374 g/mol. The molecule has 0 radical (unpaired) electrons. The molecular weight excluding hydrogens is 356 g/mol. The molecule has 0 atom stereocenters. The third kappa shape index (κ3) is 2.72. The normalized spacial score (nSPS) is 14.4. The lowest BCUT2D eigenvalue weighted by atomic mass is 10.1. The topological polar surface area (TPSA) is 89.3 Å². The maximum Gasteiger partial charge on any atom is 0.229 e. The van der Waals surface area contributed by atoms with Gasteiger partial charge in [-0.05, 0) is 31.1 Å². The van der Waals surface area contributed by atoms with E-state index in [4.69, 9.17) is 9.15 Å². The van der Waals surface area contributed by atoms with E-state index in [1.807, 2.05) is 30.3 Å². The quantitative estimate of drug-likeness (QED) is 0.732. The maximum absolute atomic E-state index is 12.4. The molecule has 3 heterocycles. The van der Waals surface area contributed by atoms with E-state index in [2.05, 4.69) is 26.7 Å². The number of rotatable bonds is 3. The third-order valence-corrected chi connectivity index (χ3v) is 4.87. The second-order valence-corrected chi connectivity index (χ2v) is 6.69. The van der Waals surface area contributed by atoms with Crippen molar-refractivity contribution in [2.75, 3.05) is 17.7 Å². The molecule has 0 fully saturated rings. The van der Waals surface area contributed by atoms with Crippen molar-refractivity contribution in [1.82, 2.24) is 9.97 Å². The molecule has 2 aromatic heterocycles. The fourth-order valence-electron chi connectivity index (χ4n) is 3.57. The van der Waals surface area contributed by atoms with Crippen LogP contribution in [0.3, 0.4) is 0 Å². The fraction of sp³-hybridized carbons (Fsp3) is 0.190. The van der Waals surface area contributed by atoms with Gasteiger partial charge in [-0.1, -0.05) is 18.2 Å². The largest absolute Gasteiger partial charge is 0.495 e. The Morgan fingerprint density at radius 1 is 1.21 bits per heavy atom. The Bertz CT molecular complexity index is 1210. The van der Waals surface area contributed by atoms with Crippen molar-refractivity contribution in [2.24, 2.45) is 0 Å². The van der Waals surface area contributed by atoms with Gasteiger partial charge in [-0.25, -0.2) is 9.97 Å². The molecule has 28 heavy (non-hydrogen) atoms. The molecule has 2 N–H and O–H groups in total. The van der Waals surface area contributed by atoms with Crippen LogP contribution >= 0.6 is 0 Å². The van der Waals surface area contributed by atoms with Crippen molar-refractivity contribution >= 4 is 35.4 Å². The Hall–Kier alpha value is -3.61. The van der Waals surface area contributed by atoms with E-state index in [0.717, 1.165) is 34.7 Å². The number of furan rings is 1. The molecule has 7 heteroatoms. The molecule has 0 saturated carbocycles. The number of hydrogen-bond donors (Lipinski definition) is 2. The van der Waals surface area contributed by atoms with E-state index in [1.165, 1.54) is 0 Å². The molecule has 7 nitrogen and oxygen atoms in total. The highest BCUT2D eigenvalue weighted by Crippen LogP contribution is 2.32. The molecule has 1 amide bonds. The van der Waals surface area contributed by atoms with Gasteiger partial charge in [-0.15, -0.1) is 0 Å². The molecule has 0 saturated heterocycles. The van der Waals surface area contributed by atoms with Crippen LogP contribution in [0.5, 0.6) is 5.75 Å². The van der Waals surface area contributed by atoms with Gasteiger partial charge < -0.3 is 19.8 Å². The zero-order chi connectivity index (χ0) is 19.1. The van der Waals surface area contributed by atoms with Crippen molar-refractivity contribution in [1.29, 1.82) is 0 Å². The summed E-state index contributed by atoms with van der Waals surface area (Å²) in [6.07, 6.45) is 7.86. The highest BCUT2D eigenvalue weighted by atomic mass is 16.5. The molecule has 0 bridgehead atoms. The standard InChI is InChI=1S/C21H18N4O3/c1-27-16-9-5-3-7-14(16)23-21-22-11-12-10-17(26)24-19-13-6-2-4-8-15(13)28-20(19)18(12)25-21/h3,5-9,11H,2,4,10H2,1H3,(H,24,26)(H,22,23,25). The highest BCUT2D eigenvalue weighted by Gasteiger charge is 2.26. The summed E-state index contributed by atoms with van der Waals surface area (Å²) < 4.78 is 11.5. The second-order valence-electron chi connectivity index (χ2n) is 6.69. The zero-order valence-corrected chi connectivity index (χ0v) is 15.3. The number of hydrogen-bond acceptors (Lipinski definition) is 6. The Balaban J connectivity index is 1.64. The van der Waals surface area contributed by atoms with Gasteiger partial charge in [0.1, 0.15) is 16.9 Å². The molecule has 140 valence electrons. The first-order chi connectivity index (χ1) is 13.7. The molecule has 2 aliphatic rings. The van der Waals surface area contributed by atoms with Crippen LogP contribution < -0.4 is 26.0 Å². The summed E-state index contributed by atoms with van der Waals surface area (Å²) in [5.74, 6) is 1.57. The number of aromatic nitrogens is 2. The Morgan fingerprint density at radius 3 is 2.96 bits per heavy atom. The second kappa shape index (κ2) is 6.53. The lowest BCUT2D eigenvalue weighted by Gasteiger charge is -2.11. The van der Waals surface area contributed by atoms with E-state index < -0.39 is 0 Å². The van der Waals surface area contributed by atoms with Crippen molar-refractivity contribution in [3.63, 3.8) is 0 Å². The lowest BCUT2D eigenvalue weighted by Crippen LogP contribution is -2.26. The van der Waals surface area contributed by atoms with Gasteiger partial charge in [0.25, 0.3) is 0 Å².